The van der Waals surface area contributed by atoms with E-state index in [1.54, 1.807) is 16.9 Å². The molecule has 5 heterocycles. The van der Waals surface area contributed by atoms with Crippen LogP contribution >= 0.6 is 11.6 Å². The van der Waals surface area contributed by atoms with Crippen LogP contribution in [0.4, 0.5) is 0 Å². The van der Waals surface area contributed by atoms with Crippen molar-refractivity contribution in [1.29, 1.82) is 0 Å². The lowest BCUT2D eigenvalue weighted by atomic mass is 9.92. The Labute approximate surface area is 148 Å². The molecule has 1 aliphatic heterocycles. The number of hydrogen-bond donors (Lipinski definition) is 1. The molecule has 0 atom stereocenters. The highest BCUT2D eigenvalue weighted by atomic mass is 35.5. The summed E-state index contributed by atoms with van der Waals surface area (Å²) in [6, 6.07) is 5.78. The van der Waals surface area contributed by atoms with Gasteiger partial charge in [-0.25, -0.2) is 9.50 Å². The summed E-state index contributed by atoms with van der Waals surface area (Å²) >= 11 is 5.85. The molecule has 1 saturated heterocycles. The van der Waals surface area contributed by atoms with Crippen molar-refractivity contribution < 1.29 is 4.42 Å². The summed E-state index contributed by atoms with van der Waals surface area (Å²) in [5.74, 6) is 1.33. The van der Waals surface area contributed by atoms with Crippen molar-refractivity contribution >= 4 is 28.2 Å². The maximum absolute atomic E-state index is 5.85. The summed E-state index contributed by atoms with van der Waals surface area (Å²) in [5.41, 5.74) is 3.03. The molecule has 0 aromatic carbocycles. The van der Waals surface area contributed by atoms with Crippen LogP contribution < -0.4 is 0 Å². The number of piperidine rings is 1. The van der Waals surface area contributed by atoms with Crippen molar-refractivity contribution in [2.24, 2.45) is 0 Å². The topological polar surface area (TPSA) is 75.2 Å². The van der Waals surface area contributed by atoms with Crippen molar-refractivity contribution in [1.82, 2.24) is 29.7 Å². The first kappa shape index (κ1) is 14.9. The van der Waals surface area contributed by atoms with Gasteiger partial charge in [-0.05, 0) is 55.7 Å². The van der Waals surface area contributed by atoms with E-state index in [-0.39, 0.29) is 0 Å². The first-order valence-corrected chi connectivity index (χ1v) is 8.79. The van der Waals surface area contributed by atoms with E-state index >= 15 is 0 Å². The lowest BCUT2D eigenvalue weighted by molar-refractivity contribution is 0.190. The van der Waals surface area contributed by atoms with Gasteiger partial charge in [0.05, 0.1) is 12.2 Å². The molecule has 0 amide bonds. The summed E-state index contributed by atoms with van der Waals surface area (Å²) < 4.78 is 7.25. The minimum Gasteiger partial charge on any atom is -0.448 e. The van der Waals surface area contributed by atoms with Crippen molar-refractivity contribution in [2.45, 2.75) is 25.3 Å². The average molecular weight is 357 g/mol. The van der Waals surface area contributed by atoms with E-state index in [1.807, 2.05) is 18.3 Å². The Balaban J connectivity index is 1.37. The molecule has 1 fully saturated rings. The van der Waals surface area contributed by atoms with E-state index in [2.05, 4.69) is 25.2 Å². The molecular weight excluding hydrogens is 340 g/mol. The van der Waals surface area contributed by atoms with Crippen molar-refractivity contribution in [3.05, 3.63) is 47.4 Å². The minimum atomic E-state index is 0.412. The number of likely N-dealkylation sites (tertiary alicyclic amines) is 1. The zero-order valence-electron chi connectivity index (χ0n) is 13.5. The van der Waals surface area contributed by atoms with Crippen LogP contribution in [0.25, 0.3) is 16.6 Å². The monoisotopic (exact) mass is 356 g/mol. The highest BCUT2D eigenvalue weighted by molar-refractivity contribution is 6.28. The van der Waals surface area contributed by atoms with Gasteiger partial charge in [-0.2, -0.15) is 0 Å². The minimum absolute atomic E-state index is 0.412. The Morgan fingerprint density at radius 3 is 2.92 bits per heavy atom. The fourth-order valence-corrected chi connectivity index (χ4v) is 3.88. The molecule has 4 aromatic rings. The fraction of sp³-hybridized carbons (Fsp3) is 0.353. The molecule has 1 N–H and O–H groups in total. The van der Waals surface area contributed by atoms with Gasteiger partial charge in [0.25, 0.3) is 0 Å². The van der Waals surface area contributed by atoms with E-state index in [9.17, 15) is 0 Å². The van der Waals surface area contributed by atoms with Crippen LogP contribution in [0, 0.1) is 0 Å². The molecule has 0 aliphatic carbocycles. The number of hydrogen-bond acceptors (Lipinski definition) is 5. The third-order valence-corrected chi connectivity index (χ3v) is 5.18. The van der Waals surface area contributed by atoms with Crippen LogP contribution in [0.5, 0.6) is 0 Å². The van der Waals surface area contributed by atoms with Crippen LogP contribution in [0.3, 0.4) is 0 Å². The first-order chi connectivity index (χ1) is 12.3. The van der Waals surface area contributed by atoms with Gasteiger partial charge in [0.15, 0.2) is 5.22 Å². The fourth-order valence-electron chi connectivity index (χ4n) is 3.72. The predicted molar refractivity (Wildman–Crippen MR) is 93.6 cm³/mol. The largest absolute Gasteiger partial charge is 0.448 e. The smallest absolute Gasteiger partial charge is 0.193 e. The first-order valence-electron chi connectivity index (χ1n) is 8.41. The normalized spacial score (nSPS) is 17.0. The van der Waals surface area contributed by atoms with E-state index in [4.69, 9.17) is 16.0 Å². The molecule has 25 heavy (non-hydrogen) atoms. The van der Waals surface area contributed by atoms with Gasteiger partial charge >= 0.3 is 0 Å². The van der Waals surface area contributed by atoms with Gasteiger partial charge in [-0.3, -0.25) is 4.90 Å². The quantitative estimate of drug-likeness (QED) is 0.610. The number of aromatic nitrogens is 5. The second-order valence-electron chi connectivity index (χ2n) is 6.51. The van der Waals surface area contributed by atoms with Crippen molar-refractivity contribution in [3.63, 3.8) is 0 Å². The molecule has 0 unspecified atom stereocenters. The molecule has 5 rings (SSSR count). The Kier molecular flexibility index (Phi) is 3.50. The number of H-pyrrole nitrogens is 1. The maximum Gasteiger partial charge on any atom is 0.193 e. The van der Waals surface area contributed by atoms with Crippen LogP contribution in [-0.2, 0) is 6.54 Å². The zero-order chi connectivity index (χ0) is 16.8. The van der Waals surface area contributed by atoms with Gasteiger partial charge in [0.2, 0.25) is 0 Å². The zero-order valence-corrected chi connectivity index (χ0v) is 14.3. The molecule has 4 aromatic heterocycles. The van der Waals surface area contributed by atoms with Gasteiger partial charge in [0.1, 0.15) is 23.3 Å². The average Bonchev–Trinajstić information content (AvgIpc) is 3.34. The molecule has 128 valence electrons. The number of furan rings is 1. The second-order valence-corrected chi connectivity index (χ2v) is 6.88. The highest BCUT2D eigenvalue weighted by Crippen LogP contribution is 2.32. The molecule has 0 radical (unpaired) electrons. The second kappa shape index (κ2) is 5.86. The third-order valence-electron chi connectivity index (χ3n) is 4.98. The third kappa shape index (κ3) is 2.60. The van der Waals surface area contributed by atoms with E-state index < -0.39 is 0 Å². The summed E-state index contributed by atoms with van der Waals surface area (Å²) in [5, 5.41) is 10.3. The molecule has 0 saturated carbocycles. The summed E-state index contributed by atoms with van der Waals surface area (Å²) in [7, 11) is 0. The number of fused-ring (bicyclic) bond motifs is 3. The molecule has 7 nitrogen and oxygen atoms in total. The van der Waals surface area contributed by atoms with Gasteiger partial charge < -0.3 is 9.40 Å². The number of nitrogens with zero attached hydrogens (tertiary/aromatic N) is 5. The predicted octanol–water partition coefficient (Wildman–Crippen LogP) is 3.23. The number of nitrogens with one attached hydrogen (secondary N) is 1. The Bertz CT molecular complexity index is 1030. The van der Waals surface area contributed by atoms with Crippen LogP contribution in [-0.4, -0.2) is 42.8 Å². The lowest BCUT2D eigenvalue weighted by Crippen LogP contribution is -2.32. The van der Waals surface area contributed by atoms with Gasteiger partial charge in [-0.15, -0.1) is 5.10 Å². The maximum atomic E-state index is 5.85. The van der Waals surface area contributed by atoms with Gasteiger partial charge in [-0.1, -0.05) is 5.21 Å². The van der Waals surface area contributed by atoms with E-state index in [1.165, 1.54) is 0 Å². The van der Waals surface area contributed by atoms with Crippen LogP contribution in [0.2, 0.25) is 5.22 Å². The summed E-state index contributed by atoms with van der Waals surface area (Å²) in [6.07, 6.45) is 5.74. The molecule has 1 aliphatic rings. The Morgan fingerprint density at radius 1 is 1.24 bits per heavy atom. The van der Waals surface area contributed by atoms with Crippen molar-refractivity contribution in [3.8, 4) is 0 Å². The molecular formula is C17H17ClN6O. The van der Waals surface area contributed by atoms with Crippen LogP contribution in [0.15, 0.2) is 35.1 Å². The Hall–Kier alpha value is -2.38. The van der Waals surface area contributed by atoms with Crippen molar-refractivity contribution in [2.75, 3.05) is 13.1 Å². The number of halogens is 1. The number of aromatic amines is 1. The summed E-state index contributed by atoms with van der Waals surface area (Å²) in [4.78, 5) is 9.92. The SMILES string of the molecule is Clc1ccc(CN2CCC(c3nnn4cnc5[nH]ccc5c34)CC2)o1. The number of rotatable bonds is 3. The lowest BCUT2D eigenvalue weighted by Gasteiger charge is -2.30. The summed E-state index contributed by atoms with van der Waals surface area (Å²) in [6.45, 7) is 2.81. The van der Waals surface area contributed by atoms with E-state index in [0.717, 1.165) is 60.5 Å². The molecule has 0 bridgehead atoms. The van der Waals surface area contributed by atoms with E-state index in [0.29, 0.717) is 11.1 Å². The Morgan fingerprint density at radius 2 is 2.12 bits per heavy atom. The molecule has 0 spiro atoms. The van der Waals surface area contributed by atoms with Gasteiger partial charge in [0, 0.05) is 17.5 Å². The van der Waals surface area contributed by atoms with Crippen LogP contribution in [0.1, 0.15) is 30.2 Å². The standard InChI is InChI=1S/C17H17ClN6O/c18-14-2-1-12(25-14)9-23-7-4-11(5-8-23)15-16-13-3-6-19-17(13)20-10-24(16)22-21-15/h1-3,6,10-11,19H,4-5,7-9H2. The molecule has 8 heteroatoms. The highest BCUT2D eigenvalue weighted by Gasteiger charge is 2.26.